The van der Waals surface area contributed by atoms with Crippen LogP contribution in [0.3, 0.4) is 0 Å². The molecule has 2 fully saturated rings. The van der Waals surface area contributed by atoms with Crippen molar-refractivity contribution in [1.29, 1.82) is 0 Å². The van der Waals surface area contributed by atoms with E-state index in [1.54, 1.807) is 0 Å². The first-order valence-corrected chi connectivity index (χ1v) is 6.49. The Morgan fingerprint density at radius 1 is 1.33 bits per heavy atom. The van der Waals surface area contributed by atoms with Crippen molar-refractivity contribution < 1.29 is 4.74 Å². The van der Waals surface area contributed by atoms with Gasteiger partial charge >= 0.3 is 0 Å². The van der Waals surface area contributed by atoms with Crippen LogP contribution >= 0.6 is 0 Å². The summed E-state index contributed by atoms with van der Waals surface area (Å²) < 4.78 is 5.73. The minimum Gasteiger partial charge on any atom is -0.378 e. The van der Waals surface area contributed by atoms with Gasteiger partial charge in [-0.25, -0.2) is 0 Å². The summed E-state index contributed by atoms with van der Waals surface area (Å²) in [5, 5.41) is 3.72. The van der Waals surface area contributed by atoms with Crippen LogP contribution in [-0.2, 0) is 4.74 Å². The Kier molecular flexibility index (Phi) is 3.36. The molecule has 0 radical (unpaired) electrons. The van der Waals surface area contributed by atoms with Crippen LogP contribution < -0.4 is 5.32 Å². The third-order valence-corrected chi connectivity index (χ3v) is 4.42. The average molecular weight is 211 g/mol. The maximum absolute atomic E-state index is 5.73. The molecule has 2 rings (SSSR count). The van der Waals surface area contributed by atoms with Crippen LogP contribution in [0.25, 0.3) is 0 Å². The number of hydrogen-bond acceptors (Lipinski definition) is 2. The zero-order valence-corrected chi connectivity index (χ0v) is 10.4. The molecule has 2 nitrogen and oxygen atoms in total. The van der Waals surface area contributed by atoms with Crippen molar-refractivity contribution in [3.05, 3.63) is 0 Å². The van der Waals surface area contributed by atoms with E-state index in [0.29, 0.717) is 17.6 Å². The lowest BCUT2D eigenvalue weighted by Gasteiger charge is -2.52. The van der Waals surface area contributed by atoms with Gasteiger partial charge in [-0.15, -0.1) is 0 Å². The van der Waals surface area contributed by atoms with Gasteiger partial charge in [-0.3, -0.25) is 0 Å². The van der Waals surface area contributed by atoms with Crippen LogP contribution in [0.2, 0.25) is 0 Å². The SMILES string of the molecule is CCOC1CC(NCC2CCC2)C1(C)C. The topological polar surface area (TPSA) is 21.3 Å². The Bertz CT molecular complexity index is 211. The van der Waals surface area contributed by atoms with E-state index < -0.39 is 0 Å². The highest BCUT2D eigenvalue weighted by Crippen LogP contribution is 2.43. The third-order valence-electron chi connectivity index (χ3n) is 4.42. The molecule has 1 N–H and O–H groups in total. The molecule has 2 atom stereocenters. The molecule has 0 amide bonds. The lowest BCUT2D eigenvalue weighted by atomic mass is 9.64. The van der Waals surface area contributed by atoms with Gasteiger partial charge in [0.25, 0.3) is 0 Å². The molecule has 2 heteroatoms. The normalized spacial score (nSPS) is 34.6. The van der Waals surface area contributed by atoms with Crippen LogP contribution in [0.4, 0.5) is 0 Å². The highest BCUT2D eigenvalue weighted by molar-refractivity contribution is 5.03. The van der Waals surface area contributed by atoms with Crippen LogP contribution in [0.1, 0.15) is 46.5 Å². The Hall–Kier alpha value is -0.0800. The smallest absolute Gasteiger partial charge is 0.0655 e. The van der Waals surface area contributed by atoms with E-state index in [1.165, 1.54) is 32.2 Å². The minimum atomic E-state index is 0.333. The fraction of sp³-hybridized carbons (Fsp3) is 1.00. The van der Waals surface area contributed by atoms with Crippen molar-refractivity contribution in [3.63, 3.8) is 0 Å². The molecular weight excluding hydrogens is 186 g/mol. The van der Waals surface area contributed by atoms with Gasteiger partial charge in [0, 0.05) is 18.1 Å². The van der Waals surface area contributed by atoms with Gasteiger partial charge in [0.1, 0.15) is 0 Å². The number of ether oxygens (including phenoxy) is 1. The summed E-state index contributed by atoms with van der Waals surface area (Å²) in [5.41, 5.74) is 0.333. The lowest BCUT2D eigenvalue weighted by molar-refractivity contribution is -0.115. The fourth-order valence-electron chi connectivity index (χ4n) is 2.72. The monoisotopic (exact) mass is 211 g/mol. The van der Waals surface area contributed by atoms with Gasteiger partial charge in [-0.1, -0.05) is 20.3 Å². The van der Waals surface area contributed by atoms with Crippen LogP contribution in [0, 0.1) is 11.3 Å². The molecule has 2 aliphatic carbocycles. The average Bonchev–Trinajstić information content (AvgIpc) is 2.12. The second-order valence-electron chi connectivity index (χ2n) is 5.76. The molecule has 2 saturated carbocycles. The molecule has 0 aromatic carbocycles. The van der Waals surface area contributed by atoms with Gasteiger partial charge < -0.3 is 10.1 Å². The molecule has 2 unspecified atom stereocenters. The first kappa shape index (κ1) is 11.4. The summed E-state index contributed by atoms with van der Waals surface area (Å²) in [4.78, 5) is 0. The molecule has 0 saturated heterocycles. The second-order valence-corrected chi connectivity index (χ2v) is 5.76. The molecule has 0 spiro atoms. The predicted octanol–water partition coefficient (Wildman–Crippen LogP) is 2.58. The summed E-state index contributed by atoms with van der Waals surface area (Å²) >= 11 is 0. The van der Waals surface area contributed by atoms with Gasteiger partial charge in [0.05, 0.1) is 6.10 Å². The van der Waals surface area contributed by atoms with E-state index in [4.69, 9.17) is 4.74 Å². The zero-order chi connectivity index (χ0) is 10.9. The first-order chi connectivity index (χ1) is 7.14. The van der Waals surface area contributed by atoms with Crippen LogP contribution in [0.15, 0.2) is 0 Å². The van der Waals surface area contributed by atoms with E-state index in [-0.39, 0.29) is 0 Å². The summed E-state index contributed by atoms with van der Waals surface area (Å²) in [6.07, 6.45) is 6.00. The Morgan fingerprint density at radius 2 is 2.07 bits per heavy atom. The molecule has 2 aliphatic rings. The standard InChI is InChI=1S/C13H25NO/c1-4-15-12-8-11(13(12,2)3)14-9-10-6-5-7-10/h10-12,14H,4-9H2,1-3H3. The molecule has 0 heterocycles. The maximum atomic E-state index is 5.73. The number of hydrogen-bond donors (Lipinski definition) is 1. The molecule has 0 bridgehead atoms. The van der Waals surface area contributed by atoms with Crippen molar-refractivity contribution in [2.75, 3.05) is 13.2 Å². The Morgan fingerprint density at radius 3 is 2.53 bits per heavy atom. The lowest BCUT2D eigenvalue weighted by Crippen LogP contribution is -2.61. The Balaban J connectivity index is 1.70. The van der Waals surface area contributed by atoms with Crippen molar-refractivity contribution >= 4 is 0 Å². The fourth-order valence-corrected chi connectivity index (χ4v) is 2.72. The largest absolute Gasteiger partial charge is 0.378 e. The van der Waals surface area contributed by atoms with Crippen molar-refractivity contribution in [2.45, 2.75) is 58.6 Å². The number of nitrogens with one attached hydrogen (secondary N) is 1. The van der Waals surface area contributed by atoms with E-state index in [2.05, 4.69) is 26.1 Å². The third kappa shape index (κ3) is 2.21. The molecule has 15 heavy (non-hydrogen) atoms. The highest BCUT2D eigenvalue weighted by Gasteiger charge is 2.48. The quantitative estimate of drug-likeness (QED) is 0.754. The first-order valence-electron chi connectivity index (χ1n) is 6.49. The Labute approximate surface area is 93.8 Å². The summed E-state index contributed by atoms with van der Waals surface area (Å²) in [7, 11) is 0. The van der Waals surface area contributed by atoms with E-state index >= 15 is 0 Å². The van der Waals surface area contributed by atoms with Crippen molar-refractivity contribution in [3.8, 4) is 0 Å². The minimum absolute atomic E-state index is 0.333. The molecule has 0 aliphatic heterocycles. The molecule has 0 aromatic heterocycles. The van der Waals surface area contributed by atoms with Gasteiger partial charge in [0.2, 0.25) is 0 Å². The van der Waals surface area contributed by atoms with Crippen molar-refractivity contribution in [1.82, 2.24) is 5.32 Å². The second kappa shape index (κ2) is 4.42. The van der Waals surface area contributed by atoms with Crippen LogP contribution in [0.5, 0.6) is 0 Å². The maximum Gasteiger partial charge on any atom is 0.0655 e. The van der Waals surface area contributed by atoms with Gasteiger partial charge in [-0.2, -0.15) is 0 Å². The highest BCUT2D eigenvalue weighted by atomic mass is 16.5. The van der Waals surface area contributed by atoms with Crippen LogP contribution in [-0.4, -0.2) is 25.3 Å². The van der Waals surface area contributed by atoms with Crippen molar-refractivity contribution in [2.24, 2.45) is 11.3 Å². The molecular formula is C13H25NO. The molecule has 0 aromatic rings. The molecule has 88 valence electrons. The summed E-state index contributed by atoms with van der Waals surface area (Å²) in [6, 6.07) is 0.676. The van der Waals surface area contributed by atoms with E-state index in [1.807, 2.05) is 0 Å². The number of rotatable bonds is 5. The summed E-state index contributed by atoms with van der Waals surface area (Å²) in [5.74, 6) is 0.965. The van der Waals surface area contributed by atoms with E-state index in [0.717, 1.165) is 12.5 Å². The van der Waals surface area contributed by atoms with Gasteiger partial charge in [-0.05, 0) is 38.6 Å². The van der Waals surface area contributed by atoms with Gasteiger partial charge in [0.15, 0.2) is 0 Å². The van der Waals surface area contributed by atoms with E-state index in [9.17, 15) is 0 Å². The summed E-state index contributed by atoms with van der Waals surface area (Å²) in [6.45, 7) is 8.83. The predicted molar refractivity (Wildman–Crippen MR) is 62.9 cm³/mol. The zero-order valence-electron chi connectivity index (χ0n) is 10.4.